The lowest BCUT2D eigenvalue weighted by Crippen LogP contribution is -2.42. The van der Waals surface area contributed by atoms with Crippen LogP contribution in [0, 0.1) is 16.7 Å². The molecule has 0 radical (unpaired) electrons. The van der Waals surface area contributed by atoms with Crippen LogP contribution < -0.4 is 0 Å². The Morgan fingerprint density at radius 3 is 2.17 bits per heavy atom. The van der Waals surface area contributed by atoms with E-state index in [1.54, 1.807) is 0 Å². The highest BCUT2D eigenvalue weighted by molar-refractivity contribution is 5.26. The van der Waals surface area contributed by atoms with E-state index in [-0.39, 0.29) is 11.6 Å². The average Bonchev–Trinajstić information content (AvgIpc) is 3.03. The summed E-state index contributed by atoms with van der Waals surface area (Å²) >= 11 is 0. The molecule has 2 nitrogen and oxygen atoms in total. The summed E-state index contributed by atoms with van der Waals surface area (Å²) in [4.78, 5) is 0. The standard InChI is InChI=1S/C16H26O2/c1-13(2)10-15-16(17-15,18-15)11-14(13,3)9-12-7-5-4-6-8-12/h12H,4-11H2,1-3H3. The van der Waals surface area contributed by atoms with Gasteiger partial charge in [0.2, 0.25) is 11.6 Å². The molecule has 0 aromatic carbocycles. The van der Waals surface area contributed by atoms with E-state index in [2.05, 4.69) is 20.8 Å². The normalized spacial score (nSPS) is 53.5. The lowest BCUT2D eigenvalue weighted by Gasteiger charge is -2.47. The van der Waals surface area contributed by atoms with Gasteiger partial charge in [0.05, 0.1) is 0 Å². The Morgan fingerprint density at radius 1 is 0.889 bits per heavy atom. The van der Waals surface area contributed by atoms with E-state index < -0.39 is 0 Å². The zero-order valence-electron chi connectivity index (χ0n) is 12.1. The van der Waals surface area contributed by atoms with Crippen LogP contribution >= 0.6 is 0 Å². The van der Waals surface area contributed by atoms with Crippen LogP contribution in [0.3, 0.4) is 0 Å². The Bertz CT molecular complexity index is 375. The molecule has 2 aliphatic heterocycles. The predicted molar refractivity (Wildman–Crippen MR) is 69.9 cm³/mol. The van der Waals surface area contributed by atoms with Gasteiger partial charge in [-0.1, -0.05) is 52.9 Å². The molecule has 2 saturated heterocycles. The summed E-state index contributed by atoms with van der Waals surface area (Å²) in [5.41, 5.74) is 0.743. The molecule has 102 valence electrons. The Hall–Kier alpha value is -0.0800. The van der Waals surface area contributed by atoms with Gasteiger partial charge < -0.3 is 9.47 Å². The first-order valence-electron chi connectivity index (χ1n) is 7.81. The second-order valence-corrected chi connectivity index (χ2v) is 8.22. The summed E-state index contributed by atoms with van der Waals surface area (Å²) in [6.07, 6.45) is 10.9. The quantitative estimate of drug-likeness (QED) is 0.685. The third-order valence-electron chi connectivity index (χ3n) is 6.55. The van der Waals surface area contributed by atoms with Crippen molar-refractivity contribution in [2.24, 2.45) is 16.7 Å². The molecule has 1 unspecified atom stereocenters. The number of rotatable bonds is 2. The summed E-state index contributed by atoms with van der Waals surface area (Å²) in [6.45, 7) is 7.35. The van der Waals surface area contributed by atoms with Gasteiger partial charge >= 0.3 is 0 Å². The molecule has 4 fully saturated rings. The van der Waals surface area contributed by atoms with Crippen LogP contribution in [0.25, 0.3) is 0 Å². The second-order valence-electron chi connectivity index (χ2n) is 8.22. The van der Waals surface area contributed by atoms with E-state index in [4.69, 9.17) is 9.47 Å². The average molecular weight is 250 g/mol. The Labute approximate surface area is 110 Å². The fourth-order valence-corrected chi connectivity index (χ4v) is 4.83. The minimum absolute atomic E-state index is 0.119. The predicted octanol–water partition coefficient (Wildman–Crippen LogP) is 4.24. The molecule has 0 aromatic rings. The molecule has 2 aliphatic carbocycles. The molecule has 18 heavy (non-hydrogen) atoms. The molecule has 1 atom stereocenters. The number of epoxide rings is 2. The first kappa shape index (κ1) is 11.7. The fraction of sp³-hybridized carbons (Fsp3) is 1.00. The van der Waals surface area contributed by atoms with Crippen LogP contribution in [0.5, 0.6) is 0 Å². The SMILES string of the molecule is CC1(C)CC23OC2(CC1(C)CC1CCCCC1)O3. The summed E-state index contributed by atoms with van der Waals surface area (Å²) in [7, 11) is 0. The van der Waals surface area contributed by atoms with Gasteiger partial charge in [0, 0.05) is 12.8 Å². The smallest absolute Gasteiger partial charge is 0.230 e. The van der Waals surface area contributed by atoms with Gasteiger partial charge in [-0.15, -0.1) is 0 Å². The number of hydrogen-bond donors (Lipinski definition) is 0. The molecule has 0 amide bonds. The van der Waals surface area contributed by atoms with Crippen molar-refractivity contribution in [2.75, 3.05) is 0 Å². The van der Waals surface area contributed by atoms with Crippen molar-refractivity contribution < 1.29 is 9.47 Å². The van der Waals surface area contributed by atoms with Crippen molar-refractivity contribution in [2.45, 2.75) is 83.7 Å². The topological polar surface area (TPSA) is 25.1 Å². The van der Waals surface area contributed by atoms with E-state index in [1.165, 1.54) is 38.5 Å². The van der Waals surface area contributed by atoms with E-state index in [1.807, 2.05) is 0 Å². The maximum Gasteiger partial charge on any atom is 0.230 e. The number of ether oxygens (including phenoxy) is 2. The van der Waals surface area contributed by atoms with Crippen molar-refractivity contribution in [3.63, 3.8) is 0 Å². The van der Waals surface area contributed by atoms with Gasteiger partial charge in [0.15, 0.2) is 0 Å². The largest absolute Gasteiger partial charge is 0.307 e. The van der Waals surface area contributed by atoms with Crippen molar-refractivity contribution in [3.05, 3.63) is 0 Å². The zero-order chi connectivity index (χ0) is 12.6. The monoisotopic (exact) mass is 250 g/mol. The third-order valence-corrected chi connectivity index (χ3v) is 6.55. The molecule has 0 N–H and O–H groups in total. The van der Waals surface area contributed by atoms with E-state index in [0.29, 0.717) is 10.8 Å². The first-order chi connectivity index (χ1) is 8.41. The molecule has 4 rings (SSSR count). The highest BCUT2D eigenvalue weighted by Gasteiger charge is 2.94. The summed E-state index contributed by atoms with van der Waals surface area (Å²) in [5.74, 6) is 0.707. The lowest BCUT2D eigenvalue weighted by molar-refractivity contribution is -0.0970. The van der Waals surface area contributed by atoms with E-state index in [9.17, 15) is 0 Å². The molecule has 0 aromatic heterocycles. The van der Waals surface area contributed by atoms with Gasteiger partial charge in [0.25, 0.3) is 0 Å². The molecule has 4 aliphatic rings. The molecular weight excluding hydrogens is 224 g/mol. The third kappa shape index (κ3) is 1.37. The van der Waals surface area contributed by atoms with E-state index in [0.717, 1.165) is 18.8 Å². The molecule has 2 heteroatoms. The molecule has 2 saturated carbocycles. The Morgan fingerprint density at radius 2 is 1.50 bits per heavy atom. The maximum atomic E-state index is 5.84. The van der Waals surface area contributed by atoms with Crippen LogP contribution in [0.2, 0.25) is 0 Å². The van der Waals surface area contributed by atoms with Gasteiger partial charge in [0.1, 0.15) is 0 Å². The first-order valence-corrected chi connectivity index (χ1v) is 7.81. The second kappa shape index (κ2) is 3.15. The van der Waals surface area contributed by atoms with Gasteiger partial charge in [-0.2, -0.15) is 0 Å². The fourth-order valence-electron chi connectivity index (χ4n) is 4.83. The van der Waals surface area contributed by atoms with Gasteiger partial charge in [-0.25, -0.2) is 0 Å². The lowest BCUT2D eigenvalue weighted by atomic mass is 9.55. The summed E-state index contributed by atoms with van der Waals surface area (Å²) in [5, 5.41) is 0. The molecular formula is C16H26O2. The Balaban J connectivity index is 1.53. The van der Waals surface area contributed by atoms with Crippen LogP contribution in [0.1, 0.15) is 72.1 Å². The van der Waals surface area contributed by atoms with Crippen LogP contribution in [0.4, 0.5) is 0 Å². The molecule has 0 bridgehead atoms. The van der Waals surface area contributed by atoms with Crippen molar-refractivity contribution in [3.8, 4) is 0 Å². The van der Waals surface area contributed by atoms with Crippen LogP contribution in [0.15, 0.2) is 0 Å². The van der Waals surface area contributed by atoms with E-state index >= 15 is 0 Å². The molecule has 0 spiro atoms. The molecule has 2 heterocycles. The van der Waals surface area contributed by atoms with Crippen molar-refractivity contribution in [1.29, 1.82) is 0 Å². The summed E-state index contributed by atoms with van der Waals surface area (Å²) < 4.78 is 11.7. The van der Waals surface area contributed by atoms with Crippen molar-refractivity contribution in [1.82, 2.24) is 0 Å². The van der Waals surface area contributed by atoms with Gasteiger partial charge in [-0.05, 0) is 23.2 Å². The highest BCUT2D eigenvalue weighted by Crippen LogP contribution is 2.80. The highest BCUT2D eigenvalue weighted by atomic mass is 17.0. The number of hydrogen-bond acceptors (Lipinski definition) is 2. The van der Waals surface area contributed by atoms with Gasteiger partial charge in [-0.3, -0.25) is 0 Å². The van der Waals surface area contributed by atoms with Crippen molar-refractivity contribution >= 4 is 0 Å². The minimum Gasteiger partial charge on any atom is -0.307 e. The summed E-state index contributed by atoms with van der Waals surface area (Å²) in [6, 6.07) is 0. The maximum absolute atomic E-state index is 5.84. The zero-order valence-corrected chi connectivity index (χ0v) is 12.1. The van der Waals surface area contributed by atoms with Crippen LogP contribution in [-0.2, 0) is 9.47 Å². The van der Waals surface area contributed by atoms with Crippen LogP contribution in [-0.4, -0.2) is 11.6 Å². The minimum atomic E-state index is -0.122. The Kier molecular flexibility index (Phi) is 2.05.